The number of amides is 1. The van der Waals surface area contributed by atoms with Crippen LogP contribution in [0.25, 0.3) is 16.7 Å². The first kappa shape index (κ1) is 23.6. The van der Waals surface area contributed by atoms with Crippen molar-refractivity contribution in [1.82, 2.24) is 19.6 Å². The Hall–Kier alpha value is -3.14. The predicted octanol–water partition coefficient (Wildman–Crippen LogP) is 3.75. The molecule has 0 unspecified atom stereocenters. The van der Waals surface area contributed by atoms with Crippen LogP contribution < -0.4 is 15.2 Å². The van der Waals surface area contributed by atoms with Crippen molar-refractivity contribution in [2.75, 3.05) is 31.8 Å². The van der Waals surface area contributed by atoms with Crippen molar-refractivity contribution in [2.45, 2.75) is 25.2 Å². The predicted molar refractivity (Wildman–Crippen MR) is 135 cm³/mol. The molecule has 0 saturated carbocycles. The van der Waals surface area contributed by atoms with E-state index in [-0.39, 0.29) is 35.4 Å². The minimum absolute atomic E-state index is 0. The van der Waals surface area contributed by atoms with E-state index in [4.69, 9.17) is 21.1 Å². The Morgan fingerprint density at radius 3 is 2.77 bits per heavy atom. The van der Waals surface area contributed by atoms with Gasteiger partial charge in [-0.2, -0.15) is 0 Å². The van der Waals surface area contributed by atoms with Crippen molar-refractivity contribution in [3.05, 3.63) is 62.7 Å². The maximum atomic E-state index is 13.6. The van der Waals surface area contributed by atoms with Crippen molar-refractivity contribution < 1.29 is 14.3 Å². The molecule has 182 valence electrons. The zero-order valence-corrected chi connectivity index (χ0v) is 20.5. The molecule has 0 spiro atoms. The van der Waals surface area contributed by atoms with E-state index in [0.717, 1.165) is 36.3 Å². The summed E-state index contributed by atoms with van der Waals surface area (Å²) in [6, 6.07) is 8.98. The maximum Gasteiger partial charge on any atom is 0.294 e. The summed E-state index contributed by atoms with van der Waals surface area (Å²) in [4.78, 5) is 31.0. The van der Waals surface area contributed by atoms with Gasteiger partial charge in [0.2, 0.25) is 5.65 Å². The molecule has 1 N–H and O–H groups in total. The van der Waals surface area contributed by atoms with E-state index in [1.807, 2.05) is 12.1 Å². The standard InChI is InChI=1S/C24H22ClN5O4.ClH/c1-33-20-12-19-17(11-16(20)24(32)29-7-4-14-10-15(25)2-3-18(14)29)26-23(31)22-28-27-21(30(19)22)13-5-8-34-9-6-13;/h2-3,10-13H,4-9H2,1H3,(H,26,31);1H. The highest BCUT2D eigenvalue weighted by Gasteiger charge is 2.29. The van der Waals surface area contributed by atoms with Crippen molar-refractivity contribution in [3.8, 4) is 5.75 Å². The topological polar surface area (TPSA) is 102 Å². The molecule has 11 heteroatoms. The van der Waals surface area contributed by atoms with Crippen molar-refractivity contribution in [1.29, 1.82) is 0 Å². The second-order valence-corrected chi connectivity index (χ2v) is 9.04. The van der Waals surface area contributed by atoms with Crippen LogP contribution in [-0.4, -0.2) is 52.4 Å². The number of aromatic amines is 1. The fraction of sp³-hybridized carbons (Fsp3) is 0.333. The van der Waals surface area contributed by atoms with Crippen LogP contribution in [0.15, 0.2) is 35.1 Å². The molecule has 4 heterocycles. The van der Waals surface area contributed by atoms with E-state index in [0.29, 0.717) is 47.1 Å². The number of nitrogens with one attached hydrogen (secondary N) is 1. The Morgan fingerprint density at radius 2 is 2.00 bits per heavy atom. The largest absolute Gasteiger partial charge is 0.496 e. The number of carbonyl (C=O) groups excluding carboxylic acids is 1. The van der Waals surface area contributed by atoms with Crippen LogP contribution in [0.2, 0.25) is 5.02 Å². The summed E-state index contributed by atoms with van der Waals surface area (Å²) in [6.45, 7) is 1.83. The molecule has 1 saturated heterocycles. The first-order valence-electron chi connectivity index (χ1n) is 11.2. The Bertz CT molecular complexity index is 1510. The molecule has 2 aromatic carbocycles. The number of methoxy groups -OCH3 is 1. The normalized spacial score (nSPS) is 15.9. The van der Waals surface area contributed by atoms with E-state index in [9.17, 15) is 9.59 Å². The Kier molecular flexibility index (Phi) is 6.16. The van der Waals surface area contributed by atoms with Gasteiger partial charge in [0.05, 0.1) is 23.7 Å². The van der Waals surface area contributed by atoms with Gasteiger partial charge in [-0.05, 0) is 49.1 Å². The highest BCUT2D eigenvalue weighted by Crippen LogP contribution is 2.35. The Balaban J connectivity index is 0.00000253. The molecular weight excluding hydrogens is 493 g/mol. The molecule has 0 bridgehead atoms. The number of carbonyl (C=O) groups is 1. The van der Waals surface area contributed by atoms with Crippen LogP contribution in [0.1, 0.15) is 40.5 Å². The van der Waals surface area contributed by atoms with Gasteiger partial charge in [-0.15, -0.1) is 22.6 Å². The maximum absolute atomic E-state index is 13.6. The second-order valence-electron chi connectivity index (χ2n) is 8.61. The van der Waals surface area contributed by atoms with Gasteiger partial charge in [-0.1, -0.05) is 11.6 Å². The molecule has 35 heavy (non-hydrogen) atoms. The average Bonchev–Trinajstić information content (AvgIpc) is 3.48. The van der Waals surface area contributed by atoms with Crippen LogP contribution >= 0.6 is 24.0 Å². The van der Waals surface area contributed by atoms with Gasteiger partial charge in [0.1, 0.15) is 11.6 Å². The zero-order chi connectivity index (χ0) is 23.4. The third-order valence-corrected chi connectivity index (χ3v) is 6.93. The highest BCUT2D eigenvalue weighted by atomic mass is 35.5. The molecular formula is C24H23Cl2N5O4. The number of aromatic nitrogens is 4. The second kappa shape index (κ2) is 9.14. The van der Waals surface area contributed by atoms with Crippen molar-refractivity contribution in [3.63, 3.8) is 0 Å². The van der Waals surface area contributed by atoms with Gasteiger partial charge in [-0.3, -0.25) is 14.0 Å². The van der Waals surface area contributed by atoms with Crippen LogP contribution in [0, 0.1) is 0 Å². The van der Waals surface area contributed by atoms with E-state index in [1.54, 1.807) is 27.5 Å². The molecule has 1 amide bonds. The number of nitrogens with zero attached hydrogens (tertiary/aromatic N) is 4. The molecule has 0 atom stereocenters. The smallest absolute Gasteiger partial charge is 0.294 e. The molecule has 9 nitrogen and oxygen atoms in total. The highest BCUT2D eigenvalue weighted by molar-refractivity contribution is 6.30. The number of anilines is 1. The molecule has 0 radical (unpaired) electrons. The SMILES string of the molecule is COc1cc2c(cc1C(=O)N1CCc3cc(Cl)ccc31)[nH]c(=O)c1nnc(C3CCOCC3)n12.Cl. The van der Waals surface area contributed by atoms with Gasteiger partial charge in [-0.25, -0.2) is 0 Å². The first-order chi connectivity index (χ1) is 16.5. The minimum atomic E-state index is -0.358. The lowest BCUT2D eigenvalue weighted by Gasteiger charge is -2.21. The van der Waals surface area contributed by atoms with E-state index < -0.39 is 0 Å². The van der Waals surface area contributed by atoms with E-state index >= 15 is 0 Å². The van der Waals surface area contributed by atoms with Crippen molar-refractivity contribution >= 4 is 52.3 Å². The third kappa shape index (κ3) is 3.84. The number of fused-ring (bicyclic) bond motifs is 4. The fourth-order valence-electron chi connectivity index (χ4n) is 5.00. The number of rotatable bonds is 3. The van der Waals surface area contributed by atoms with Crippen LogP contribution in [0.4, 0.5) is 5.69 Å². The molecule has 0 aliphatic carbocycles. The molecule has 1 fully saturated rings. The number of halogens is 2. The van der Waals surface area contributed by atoms with Gasteiger partial charge in [0.15, 0.2) is 0 Å². The summed E-state index contributed by atoms with van der Waals surface area (Å²) in [5, 5.41) is 9.15. The van der Waals surface area contributed by atoms with Crippen LogP contribution in [0.3, 0.4) is 0 Å². The average molecular weight is 516 g/mol. The van der Waals surface area contributed by atoms with Gasteiger partial charge >= 0.3 is 0 Å². The Morgan fingerprint density at radius 1 is 1.20 bits per heavy atom. The zero-order valence-electron chi connectivity index (χ0n) is 18.9. The Labute approximate surface area is 211 Å². The van der Waals surface area contributed by atoms with Gasteiger partial charge in [0, 0.05) is 42.5 Å². The lowest BCUT2D eigenvalue weighted by molar-refractivity contribution is 0.0834. The molecule has 2 aliphatic heterocycles. The summed E-state index contributed by atoms with van der Waals surface area (Å²) in [5.74, 6) is 1.07. The number of H-pyrrole nitrogens is 1. The molecule has 2 aliphatic rings. The summed E-state index contributed by atoms with van der Waals surface area (Å²) in [7, 11) is 1.53. The molecule has 2 aromatic heterocycles. The van der Waals surface area contributed by atoms with E-state index in [2.05, 4.69) is 15.2 Å². The van der Waals surface area contributed by atoms with E-state index in [1.165, 1.54) is 7.11 Å². The monoisotopic (exact) mass is 515 g/mol. The number of hydrogen-bond donors (Lipinski definition) is 1. The quantitative estimate of drug-likeness (QED) is 0.445. The first-order valence-corrected chi connectivity index (χ1v) is 11.6. The van der Waals surface area contributed by atoms with Gasteiger partial charge in [0.25, 0.3) is 11.5 Å². The van der Waals surface area contributed by atoms with Crippen LogP contribution in [0.5, 0.6) is 5.75 Å². The fourth-order valence-corrected chi connectivity index (χ4v) is 5.19. The summed E-state index contributed by atoms with van der Waals surface area (Å²) >= 11 is 6.13. The van der Waals surface area contributed by atoms with Crippen LogP contribution in [-0.2, 0) is 11.2 Å². The molecule has 4 aromatic rings. The number of ether oxygens (including phenoxy) is 2. The lowest BCUT2D eigenvalue weighted by atomic mass is 9.99. The summed E-state index contributed by atoms with van der Waals surface area (Å²) in [5.41, 5.74) is 3.30. The minimum Gasteiger partial charge on any atom is -0.496 e. The lowest BCUT2D eigenvalue weighted by Crippen LogP contribution is -2.29. The third-order valence-electron chi connectivity index (χ3n) is 6.70. The van der Waals surface area contributed by atoms with Gasteiger partial charge < -0.3 is 19.4 Å². The summed E-state index contributed by atoms with van der Waals surface area (Å²) in [6.07, 6.45) is 2.34. The number of benzene rings is 2. The number of hydrogen-bond acceptors (Lipinski definition) is 6. The molecule has 6 rings (SSSR count). The summed E-state index contributed by atoms with van der Waals surface area (Å²) < 4.78 is 12.9. The van der Waals surface area contributed by atoms with Crippen molar-refractivity contribution in [2.24, 2.45) is 0 Å².